The van der Waals surface area contributed by atoms with Crippen LogP contribution >= 0.6 is 24.0 Å². The number of aromatic nitrogens is 3. The largest absolute Gasteiger partial charge is 0.488 e. The molecule has 0 radical (unpaired) electrons. The first-order valence-corrected chi connectivity index (χ1v) is 11.0. The summed E-state index contributed by atoms with van der Waals surface area (Å²) in [5, 5.41) is 11.2. The number of para-hydroxylation sites is 1. The summed E-state index contributed by atoms with van der Waals surface area (Å²) < 4.78 is 7.95. The predicted octanol–water partition coefficient (Wildman–Crippen LogP) is 4.93. The van der Waals surface area contributed by atoms with Crippen molar-refractivity contribution in [3.05, 3.63) is 71.2 Å². The van der Waals surface area contributed by atoms with Gasteiger partial charge in [0.1, 0.15) is 11.4 Å². The van der Waals surface area contributed by atoms with Crippen molar-refractivity contribution < 1.29 is 4.74 Å². The van der Waals surface area contributed by atoms with E-state index in [0.717, 1.165) is 46.6 Å². The van der Waals surface area contributed by atoms with Gasteiger partial charge in [0, 0.05) is 30.5 Å². The summed E-state index contributed by atoms with van der Waals surface area (Å²) in [4.78, 5) is 9.28. The van der Waals surface area contributed by atoms with E-state index in [1.807, 2.05) is 61.1 Å². The van der Waals surface area contributed by atoms with Gasteiger partial charge in [-0.1, -0.05) is 24.3 Å². The lowest BCUT2D eigenvalue weighted by Gasteiger charge is -2.23. The maximum absolute atomic E-state index is 6.10. The summed E-state index contributed by atoms with van der Waals surface area (Å²) in [6.07, 6.45) is 1.85. The number of aliphatic imine (C=N–C) groups is 1. The molecule has 0 atom stereocenters. The van der Waals surface area contributed by atoms with Gasteiger partial charge in [0.2, 0.25) is 0 Å². The Morgan fingerprint density at radius 3 is 2.45 bits per heavy atom. The van der Waals surface area contributed by atoms with Crippen molar-refractivity contribution in [1.29, 1.82) is 0 Å². The average Bonchev–Trinajstić information content (AvgIpc) is 3.08. The Bertz CT molecular complexity index is 1050. The normalized spacial score (nSPS) is 11.6. The van der Waals surface area contributed by atoms with Crippen LogP contribution in [0, 0.1) is 13.8 Å². The number of guanidine groups is 1. The molecule has 3 rings (SSSR count). The lowest BCUT2D eigenvalue weighted by Crippen LogP contribution is -2.37. The van der Waals surface area contributed by atoms with Crippen molar-refractivity contribution in [2.75, 3.05) is 6.54 Å². The molecule has 178 valence electrons. The molecule has 0 unspecified atom stereocenters. The molecule has 0 saturated heterocycles. The number of hydrogen-bond donors (Lipinski definition) is 2. The van der Waals surface area contributed by atoms with Gasteiger partial charge in [-0.2, -0.15) is 5.10 Å². The zero-order valence-electron chi connectivity index (χ0n) is 20.3. The number of benzene rings is 1. The molecule has 0 aliphatic heterocycles. The number of nitrogens with zero attached hydrogens (tertiary/aromatic N) is 4. The van der Waals surface area contributed by atoms with E-state index in [4.69, 9.17) is 9.73 Å². The molecule has 1 aromatic carbocycles. The Morgan fingerprint density at radius 1 is 1.09 bits per heavy atom. The number of halogens is 1. The third kappa shape index (κ3) is 8.03. The maximum Gasteiger partial charge on any atom is 0.191 e. The Labute approximate surface area is 214 Å². The number of rotatable bonds is 7. The standard InChI is InChI=1S/C25H34N6O.HI/c1-7-26-24(29-17-21-10-8-9-11-22(21)32-25(4,5)6)28-16-20-12-13-23(27-15-20)31-19(3)14-18(2)30-31;/h8-15H,7,16-17H2,1-6H3,(H2,26,28,29);1H. The highest BCUT2D eigenvalue weighted by molar-refractivity contribution is 14.0. The van der Waals surface area contributed by atoms with E-state index in [9.17, 15) is 0 Å². The maximum atomic E-state index is 6.10. The Kier molecular flexibility index (Phi) is 9.70. The third-order valence-corrected chi connectivity index (χ3v) is 4.63. The van der Waals surface area contributed by atoms with Gasteiger partial charge in [-0.3, -0.25) is 0 Å². The van der Waals surface area contributed by atoms with Gasteiger partial charge in [0.25, 0.3) is 0 Å². The highest BCUT2D eigenvalue weighted by atomic mass is 127. The molecule has 2 aromatic heterocycles. The van der Waals surface area contributed by atoms with E-state index in [-0.39, 0.29) is 29.6 Å². The van der Waals surface area contributed by atoms with E-state index < -0.39 is 0 Å². The smallest absolute Gasteiger partial charge is 0.191 e. The second-order valence-electron chi connectivity index (χ2n) is 8.73. The second-order valence-corrected chi connectivity index (χ2v) is 8.73. The van der Waals surface area contributed by atoms with Crippen molar-refractivity contribution in [3.8, 4) is 11.6 Å². The zero-order valence-corrected chi connectivity index (χ0v) is 22.7. The van der Waals surface area contributed by atoms with Crippen molar-refractivity contribution in [1.82, 2.24) is 25.4 Å². The van der Waals surface area contributed by atoms with Crippen LogP contribution in [0.1, 0.15) is 50.2 Å². The van der Waals surface area contributed by atoms with Crippen molar-refractivity contribution in [2.45, 2.75) is 60.2 Å². The van der Waals surface area contributed by atoms with Crippen LogP contribution in [0.2, 0.25) is 0 Å². The fourth-order valence-electron chi connectivity index (χ4n) is 3.27. The summed E-state index contributed by atoms with van der Waals surface area (Å²) in [7, 11) is 0. The van der Waals surface area contributed by atoms with Gasteiger partial charge in [-0.25, -0.2) is 14.7 Å². The summed E-state index contributed by atoms with van der Waals surface area (Å²) >= 11 is 0. The van der Waals surface area contributed by atoms with Gasteiger partial charge in [-0.05, 0) is 65.3 Å². The molecular formula is C25H35IN6O. The fraction of sp³-hybridized carbons (Fsp3) is 0.400. The topological polar surface area (TPSA) is 76.4 Å². The molecule has 3 aromatic rings. The van der Waals surface area contributed by atoms with Crippen molar-refractivity contribution in [3.63, 3.8) is 0 Å². The first-order chi connectivity index (χ1) is 15.2. The predicted molar refractivity (Wildman–Crippen MR) is 145 cm³/mol. The first-order valence-electron chi connectivity index (χ1n) is 11.0. The van der Waals surface area contributed by atoms with Gasteiger partial charge >= 0.3 is 0 Å². The molecule has 33 heavy (non-hydrogen) atoms. The number of ether oxygens (including phenoxy) is 1. The molecule has 0 aliphatic rings. The summed E-state index contributed by atoms with van der Waals surface area (Å²) in [5.41, 5.74) is 3.91. The molecule has 0 saturated carbocycles. The molecule has 2 heterocycles. The highest BCUT2D eigenvalue weighted by Gasteiger charge is 2.14. The molecule has 8 heteroatoms. The number of hydrogen-bond acceptors (Lipinski definition) is 4. The number of aryl methyl sites for hydroxylation is 2. The van der Waals surface area contributed by atoms with Crippen LogP contribution in [0.4, 0.5) is 0 Å². The monoisotopic (exact) mass is 562 g/mol. The number of nitrogens with one attached hydrogen (secondary N) is 2. The van der Waals surface area contributed by atoms with Crippen LogP contribution in [0.3, 0.4) is 0 Å². The van der Waals surface area contributed by atoms with Gasteiger partial charge < -0.3 is 15.4 Å². The minimum Gasteiger partial charge on any atom is -0.488 e. The third-order valence-electron chi connectivity index (χ3n) is 4.63. The quantitative estimate of drug-likeness (QED) is 0.243. The minimum atomic E-state index is -0.249. The molecule has 0 aliphatic carbocycles. The lowest BCUT2D eigenvalue weighted by molar-refractivity contribution is 0.129. The molecule has 0 amide bonds. The molecule has 2 N–H and O–H groups in total. The van der Waals surface area contributed by atoms with Crippen LogP contribution in [-0.4, -0.2) is 32.9 Å². The SMILES string of the molecule is CCNC(=NCc1ccc(-n2nc(C)cc2C)nc1)NCc1ccccc1OC(C)(C)C.I. The summed E-state index contributed by atoms with van der Waals surface area (Å²) in [6, 6.07) is 14.1. The van der Waals surface area contributed by atoms with E-state index in [2.05, 4.69) is 54.5 Å². The first kappa shape index (κ1) is 26.6. The minimum absolute atomic E-state index is 0. The van der Waals surface area contributed by atoms with E-state index >= 15 is 0 Å². The van der Waals surface area contributed by atoms with Crippen molar-refractivity contribution in [2.24, 2.45) is 4.99 Å². The highest BCUT2D eigenvalue weighted by Crippen LogP contribution is 2.22. The average molecular weight is 563 g/mol. The molecular weight excluding hydrogens is 527 g/mol. The van der Waals surface area contributed by atoms with Crippen LogP contribution in [0.15, 0.2) is 53.7 Å². The van der Waals surface area contributed by atoms with Crippen LogP contribution in [-0.2, 0) is 13.1 Å². The van der Waals surface area contributed by atoms with E-state index in [1.165, 1.54) is 0 Å². The molecule has 0 bridgehead atoms. The fourth-order valence-corrected chi connectivity index (χ4v) is 3.27. The van der Waals surface area contributed by atoms with Gasteiger partial charge in [0.05, 0.1) is 12.2 Å². The van der Waals surface area contributed by atoms with Gasteiger partial charge in [-0.15, -0.1) is 24.0 Å². The Morgan fingerprint density at radius 2 is 1.85 bits per heavy atom. The van der Waals surface area contributed by atoms with E-state index in [1.54, 1.807) is 0 Å². The Balaban J connectivity index is 0.00000385. The van der Waals surface area contributed by atoms with Gasteiger partial charge in [0.15, 0.2) is 11.8 Å². The molecule has 0 spiro atoms. The van der Waals surface area contributed by atoms with Crippen LogP contribution < -0.4 is 15.4 Å². The van der Waals surface area contributed by atoms with E-state index in [0.29, 0.717) is 13.1 Å². The summed E-state index contributed by atoms with van der Waals surface area (Å²) in [6.45, 7) is 14.1. The zero-order chi connectivity index (χ0) is 23.1. The lowest BCUT2D eigenvalue weighted by atomic mass is 10.1. The second kappa shape index (κ2) is 12.0. The number of pyridine rings is 1. The Hall–Kier alpha value is -2.62. The van der Waals surface area contributed by atoms with Crippen molar-refractivity contribution >= 4 is 29.9 Å². The van der Waals surface area contributed by atoms with Crippen LogP contribution in [0.25, 0.3) is 5.82 Å². The van der Waals surface area contributed by atoms with Crippen LogP contribution in [0.5, 0.6) is 5.75 Å². The summed E-state index contributed by atoms with van der Waals surface area (Å²) in [5.74, 6) is 2.44. The molecule has 0 fully saturated rings. The molecule has 7 nitrogen and oxygen atoms in total.